The molecule has 0 spiro atoms. The molecule has 0 saturated heterocycles. The monoisotopic (exact) mass is 361 g/mol. The molecule has 3 aromatic rings. The summed E-state index contributed by atoms with van der Waals surface area (Å²) in [5.41, 5.74) is 5.91. The Labute approximate surface area is 148 Å². The Morgan fingerprint density at radius 2 is 1.61 bits per heavy atom. The molecule has 2 aromatic carbocycles. The van der Waals surface area contributed by atoms with Crippen LogP contribution in [-0.4, -0.2) is 11.2 Å². The number of hydrazone groups is 1. The van der Waals surface area contributed by atoms with Crippen LogP contribution < -0.4 is 5.43 Å². The Morgan fingerprint density at radius 3 is 2.26 bits per heavy atom. The molecule has 0 aliphatic carbocycles. The van der Waals surface area contributed by atoms with Gasteiger partial charge >= 0.3 is 0 Å². The van der Waals surface area contributed by atoms with Crippen LogP contribution in [0.5, 0.6) is 0 Å². The fourth-order valence-electron chi connectivity index (χ4n) is 2.03. The van der Waals surface area contributed by atoms with Gasteiger partial charge in [-0.1, -0.05) is 47.5 Å². The highest BCUT2D eigenvalue weighted by molar-refractivity contribution is 7.15. The van der Waals surface area contributed by atoms with E-state index in [9.17, 15) is 0 Å². The van der Waals surface area contributed by atoms with Crippen molar-refractivity contribution in [1.29, 1.82) is 0 Å². The first-order valence-electron chi connectivity index (χ1n) is 6.90. The lowest BCUT2D eigenvalue weighted by Crippen LogP contribution is -1.90. The molecule has 0 saturated carbocycles. The second-order valence-corrected chi connectivity index (χ2v) is 6.93. The fraction of sp³-hybridized carbons (Fsp3) is 0.0588. The van der Waals surface area contributed by atoms with Gasteiger partial charge < -0.3 is 0 Å². The van der Waals surface area contributed by atoms with Crippen LogP contribution in [0.2, 0.25) is 10.0 Å². The molecule has 23 heavy (non-hydrogen) atoms. The highest BCUT2D eigenvalue weighted by Gasteiger charge is 2.09. The summed E-state index contributed by atoms with van der Waals surface area (Å²) in [5, 5.41) is 6.38. The van der Waals surface area contributed by atoms with Gasteiger partial charge in [0, 0.05) is 20.5 Å². The number of nitrogens with zero attached hydrogens (tertiary/aromatic N) is 2. The van der Waals surface area contributed by atoms with E-state index < -0.39 is 0 Å². The highest BCUT2D eigenvalue weighted by Crippen LogP contribution is 2.30. The van der Waals surface area contributed by atoms with Crippen LogP contribution in [0.3, 0.4) is 0 Å². The lowest BCUT2D eigenvalue weighted by molar-refractivity contribution is 1.28. The first-order chi connectivity index (χ1) is 11.1. The smallest absolute Gasteiger partial charge is 0.204 e. The molecule has 3 nitrogen and oxygen atoms in total. The summed E-state index contributed by atoms with van der Waals surface area (Å²) < 4.78 is 0. The maximum Gasteiger partial charge on any atom is 0.204 e. The summed E-state index contributed by atoms with van der Waals surface area (Å²) >= 11 is 13.3. The van der Waals surface area contributed by atoms with Gasteiger partial charge in [-0.15, -0.1) is 11.3 Å². The van der Waals surface area contributed by atoms with Gasteiger partial charge in [-0.05, 0) is 36.8 Å². The third kappa shape index (κ3) is 4.10. The molecule has 0 amide bonds. The maximum atomic E-state index is 5.92. The van der Waals surface area contributed by atoms with Gasteiger partial charge in [0.25, 0.3) is 0 Å². The Balaban J connectivity index is 1.73. The number of hydrogen-bond donors (Lipinski definition) is 1. The summed E-state index contributed by atoms with van der Waals surface area (Å²) in [7, 11) is 0. The highest BCUT2D eigenvalue weighted by atomic mass is 35.5. The summed E-state index contributed by atoms with van der Waals surface area (Å²) in [6, 6.07) is 15.1. The minimum Gasteiger partial charge on any atom is -0.253 e. The molecule has 1 aromatic heterocycles. The van der Waals surface area contributed by atoms with E-state index in [4.69, 9.17) is 23.2 Å². The lowest BCUT2D eigenvalue weighted by Gasteiger charge is -1.98. The zero-order chi connectivity index (χ0) is 16.2. The van der Waals surface area contributed by atoms with Crippen LogP contribution in [0.25, 0.3) is 11.3 Å². The summed E-state index contributed by atoms with van der Waals surface area (Å²) in [5.74, 6) is 0. The summed E-state index contributed by atoms with van der Waals surface area (Å²) in [4.78, 5) is 5.71. The van der Waals surface area contributed by atoms with Gasteiger partial charge in [-0.25, -0.2) is 4.98 Å². The third-order valence-corrected chi connectivity index (χ3v) is 4.54. The average Bonchev–Trinajstić information content (AvgIpc) is 2.91. The van der Waals surface area contributed by atoms with Crippen molar-refractivity contribution in [1.82, 2.24) is 4.98 Å². The molecule has 116 valence electrons. The normalized spacial score (nSPS) is 11.1. The van der Waals surface area contributed by atoms with Gasteiger partial charge in [0.2, 0.25) is 5.13 Å². The molecule has 0 atom stereocenters. The minimum atomic E-state index is 0.707. The lowest BCUT2D eigenvalue weighted by atomic mass is 10.1. The maximum absolute atomic E-state index is 5.92. The van der Waals surface area contributed by atoms with Crippen molar-refractivity contribution >= 4 is 45.9 Å². The van der Waals surface area contributed by atoms with Crippen molar-refractivity contribution in [2.24, 2.45) is 5.10 Å². The third-order valence-electron chi connectivity index (χ3n) is 3.16. The van der Waals surface area contributed by atoms with Crippen molar-refractivity contribution in [3.8, 4) is 11.3 Å². The topological polar surface area (TPSA) is 37.3 Å². The number of anilines is 1. The minimum absolute atomic E-state index is 0.707. The second-order valence-electron chi connectivity index (χ2n) is 4.85. The number of benzene rings is 2. The van der Waals surface area contributed by atoms with Crippen molar-refractivity contribution in [3.05, 3.63) is 69.0 Å². The fourth-order valence-corrected chi connectivity index (χ4v) is 3.07. The largest absolute Gasteiger partial charge is 0.253 e. The van der Waals surface area contributed by atoms with Gasteiger partial charge in [0.05, 0.1) is 11.9 Å². The number of halogens is 2. The molecule has 0 aliphatic heterocycles. The van der Waals surface area contributed by atoms with Crippen molar-refractivity contribution in [3.63, 3.8) is 0 Å². The van der Waals surface area contributed by atoms with E-state index in [1.54, 1.807) is 17.6 Å². The number of thiazole rings is 1. The molecule has 0 unspecified atom stereocenters. The Bertz CT molecular complexity index is 824. The molecule has 0 radical (unpaired) electrons. The Kier molecular flexibility index (Phi) is 4.96. The van der Waals surface area contributed by atoms with Gasteiger partial charge in [0.15, 0.2) is 0 Å². The SMILES string of the molecule is Cc1sc(N/N=C\c2ccc(Cl)cc2)nc1-c1ccc(Cl)cc1. The molecule has 1 heterocycles. The molecule has 3 rings (SSSR count). The van der Waals surface area contributed by atoms with E-state index in [0.29, 0.717) is 10.0 Å². The van der Waals surface area contributed by atoms with E-state index in [1.165, 1.54) is 0 Å². The molecule has 6 heteroatoms. The van der Waals surface area contributed by atoms with Crippen LogP contribution in [0.15, 0.2) is 53.6 Å². The van der Waals surface area contributed by atoms with E-state index in [0.717, 1.165) is 26.8 Å². The quantitative estimate of drug-likeness (QED) is 0.465. The first kappa shape index (κ1) is 16.0. The first-order valence-corrected chi connectivity index (χ1v) is 8.47. The van der Waals surface area contributed by atoms with Crippen molar-refractivity contribution < 1.29 is 0 Å². The van der Waals surface area contributed by atoms with Crippen molar-refractivity contribution in [2.45, 2.75) is 6.92 Å². The molecule has 0 fully saturated rings. The Morgan fingerprint density at radius 1 is 1.00 bits per heavy atom. The van der Waals surface area contributed by atoms with Gasteiger partial charge in [-0.3, -0.25) is 5.43 Å². The molecular formula is C17H13Cl2N3S. The van der Waals surface area contributed by atoms with E-state index in [-0.39, 0.29) is 0 Å². The summed E-state index contributed by atoms with van der Waals surface area (Å²) in [6.07, 6.45) is 1.73. The van der Waals surface area contributed by atoms with Crippen LogP contribution in [-0.2, 0) is 0 Å². The molecule has 0 bridgehead atoms. The number of aryl methyl sites for hydroxylation is 1. The summed E-state index contributed by atoms with van der Waals surface area (Å²) in [6.45, 7) is 2.04. The predicted molar refractivity (Wildman–Crippen MR) is 100.0 cm³/mol. The number of hydrogen-bond acceptors (Lipinski definition) is 4. The van der Waals surface area contributed by atoms with Crippen LogP contribution >= 0.6 is 34.5 Å². The van der Waals surface area contributed by atoms with E-state index in [1.807, 2.05) is 55.5 Å². The number of aromatic nitrogens is 1. The van der Waals surface area contributed by atoms with Crippen LogP contribution in [0, 0.1) is 6.92 Å². The predicted octanol–water partition coefficient (Wildman–Crippen LogP) is 5.87. The zero-order valence-corrected chi connectivity index (χ0v) is 14.6. The number of rotatable bonds is 4. The molecular weight excluding hydrogens is 349 g/mol. The number of nitrogens with one attached hydrogen (secondary N) is 1. The zero-order valence-electron chi connectivity index (χ0n) is 12.3. The van der Waals surface area contributed by atoms with Crippen LogP contribution in [0.4, 0.5) is 5.13 Å². The Hall–Kier alpha value is -1.88. The molecule has 0 aliphatic rings. The second kappa shape index (κ2) is 7.13. The van der Waals surface area contributed by atoms with Gasteiger partial charge in [-0.2, -0.15) is 5.10 Å². The van der Waals surface area contributed by atoms with E-state index >= 15 is 0 Å². The average molecular weight is 362 g/mol. The standard InChI is InChI=1S/C17H13Cl2N3S/c1-11-16(13-4-8-15(19)9-5-13)21-17(23-11)22-20-10-12-2-6-14(18)7-3-12/h2-10H,1H3,(H,21,22)/b20-10-. The van der Waals surface area contributed by atoms with Crippen LogP contribution in [0.1, 0.15) is 10.4 Å². The molecule has 1 N–H and O–H groups in total. The van der Waals surface area contributed by atoms with E-state index in [2.05, 4.69) is 15.5 Å². The van der Waals surface area contributed by atoms with Crippen molar-refractivity contribution in [2.75, 3.05) is 5.43 Å². The van der Waals surface area contributed by atoms with Gasteiger partial charge in [0.1, 0.15) is 0 Å².